The molecule has 9 fully saturated rings. The SMILES string of the molecule is CC(C)CC(=O)CC1CN(C(C)C)CC1O.CC(C)N1CC(O)C(CC(=O)OC(C)(C)C)C1.CC(C)N1CCC(NC(=O)OC(C)(C)C)C(O)C1.CC(C)OC(=O)NC1(CN2CCN(C)C(C)C2)CCN(C(C)C)CC1.CC(C)OC(=O)NC1(CNC2CCN(C)CC2)CCN(C(C)C)CC1.CC1CN(CC2(NC(=O)Oc3ccccc3)CCN(C(C)C)CC2)CCN1C. The van der Waals surface area contributed by atoms with Crippen LogP contribution in [-0.2, 0) is 28.5 Å². The molecule has 748 valence electrons. The number of aliphatic hydroxyl groups excluding tert-OH is 3. The highest BCUT2D eigenvalue weighted by molar-refractivity contribution is 5.79. The fourth-order valence-electron chi connectivity index (χ4n) is 18.6. The molecular weight excluding hydrogens is 1640 g/mol. The number of β-amino-alcohol motifs (C(OH)–C–C–N with tert-alkyl or cyclic N) is 3. The molecule has 129 heavy (non-hydrogen) atoms. The molecule has 9 heterocycles. The van der Waals surface area contributed by atoms with Crippen LogP contribution in [0.5, 0.6) is 5.75 Å². The van der Waals surface area contributed by atoms with Crippen molar-refractivity contribution >= 4 is 36.1 Å². The van der Waals surface area contributed by atoms with E-state index in [0.29, 0.717) is 104 Å². The van der Waals surface area contributed by atoms with Gasteiger partial charge in [0.15, 0.2) is 0 Å². The molecule has 8 N–H and O–H groups in total. The van der Waals surface area contributed by atoms with Gasteiger partial charge in [-0.2, -0.15) is 0 Å². The summed E-state index contributed by atoms with van der Waals surface area (Å²) in [6.07, 6.45) is 7.64. The number of amides is 4. The third kappa shape index (κ3) is 42.7. The molecule has 0 bridgehead atoms. The summed E-state index contributed by atoms with van der Waals surface area (Å²) in [5.74, 6) is 1.24. The summed E-state index contributed by atoms with van der Waals surface area (Å²) in [5, 5.41) is 46.0. The van der Waals surface area contributed by atoms with Crippen molar-refractivity contribution in [2.45, 2.75) is 376 Å². The number of carbonyl (C=O) groups is 6. The van der Waals surface area contributed by atoms with Crippen LogP contribution in [0.15, 0.2) is 30.3 Å². The number of likely N-dealkylation sites (tertiary alicyclic amines) is 7. The molecule has 4 amide bonds. The lowest BCUT2D eigenvalue weighted by molar-refractivity contribution is -0.156. The lowest BCUT2D eigenvalue weighted by Crippen LogP contribution is -2.63. The zero-order valence-corrected chi connectivity index (χ0v) is 86.3. The maximum absolute atomic E-state index is 12.7. The van der Waals surface area contributed by atoms with Crippen LogP contribution in [-0.4, -0.2) is 396 Å². The molecule has 30 heteroatoms. The molecule has 0 spiro atoms. The van der Waals surface area contributed by atoms with Crippen molar-refractivity contribution in [1.29, 1.82) is 0 Å². The van der Waals surface area contributed by atoms with Gasteiger partial charge in [-0.25, -0.2) is 19.2 Å². The molecule has 1 aromatic rings. The Morgan fingerprint density at radius 2 is 0.814 bits per heavy atom. The molecule has 8 unspecified atom stereocenters. The maximum atomic E-state index is 12.7. The van der Waals surface area contributed by atoms with Gasteiger partial charge in [0.25, 0.3) is 0 Å². The summed E-state index contributed by atoms with van der Waals surface area (Å²) in [4.78, 5) is 98.6. The number of Topliss-reactive ketones (excluding diaryl/α,β-unsaturated/α-hetero) is 1. The van der Waals surface area contributed by atoms with Crippen LogP contribution >= 0.6 is 0 Å². The van der Waals surface area contributed by atoms with Gasteiger partial charge in [-0.1, -0.05) is 32.0 Å². The van der Waals surface area contributed by atoms with Crippen LogP contribution in [0.25, 0.3) is 0 Å². The van der Waals surface area contributed by atoms with Gasteiger partial charge in [-0.3, -0.25) is 34.1 Å². The van der Waals surface area contributed by atoms with E-state index < -0.39 is 29.5 Å². The number of nitrogens with one attached hydrogen (secondary N) is 5. The van der Waals surface area contributed by atoms with Crippen molar-refractivity contribution in [2.24, 2.45) is 17.8 Å². The van der Waals surface area contributed by atoms with E-state index in [4.69, 9.17) is 23.7 Å². The van der Waals surface area contributed by atoms with Gasteiger partial charge in [-0.15, -0.1) is 0 Å². The van der Waals surface area contributed by atoms with E-state index in [2.05, 4.69) is 212 Å². The van der Waals surface area contributed by atoms with Gasteiger partial charge < -0.3 is 95.0 Å². The average Bonchev–Trinajstić information content (AvgIpc) is 1.73. The van der Waals surface area contributed by atoms with E-state index in [1.165, 1.54) is 12.8 Å². The smallest absolute Gasteiger partial charge is 0.413 e. The van der Waals surface area contributed by atoms with E-state index >= 15 is 0 Å². The van der Waals surface area contributed by atoms with Crippen molar-refractivity contribution in [3.05, 3.63) is 30.3 Å². The zero-order valence-electron chi connectivity index (χ0n) is 86.3. The van der Waals surface area contributed by atoms with Gasteiger partial charge in [0.1, 0.15) is 22.7 Å². The minimum atomic E-state index is -0.534. The first-order valence-corrected chi connectivity index (χ1v) is 49.7. The van der Waals surface area contributed by atoms with Gasteiger partial charge in [0.2, 0.25) is 0 Å². The number of likely N-dealkylation sites (N-methyl/N-ethyl adjacent to an activating group) is 2. The van der Waals surface area contributed by atoms with Gasteiger partial charge >= 0.3 is 30.3 Å². The summed E-state index contributed by atoms with van der Waals surface area (Å²) in [5.41, 5.74) is -1.55. The number of hydrogen-bond donors (Lipinski definition) is 8. The second-order valence-electron chi connectivity index (χ2n) is 43.9. The number of hydrogen-bond acceptors (Lipinski definition) is 26. The number of ether oxygens (including phenoxy) is 5. The van der Waals surface area contributed by atoms with E-state index in [-0.39, 0.29) is 77.1 Å². The van der Waals surface area contributed by atoms with E-state index in [1.807, 2.05) is 99.6 Å². The van der Waals surface area contributed by atoms with Crippen LogP contribution in [0.4, 0.5) is 19.2 Å². The summed E-state index contributed by atoms with van der Waals surface area (Å²) < 4.78 is 26.8. The predicted octanol–water partition coefficient (Wildman–Crippen LogP) is 11.2. The van der Waals surface area contributed by atoms with Crippen molar-refractivity contribution in [3.8, 4) is 5.75 Å². The van der Waals surface area contributed by atoms with Crippen molar-refractivity contribution in [2.75, 3.05) is 172 Å². The molecule has 0 saturated carbocycles. The Hall–Kier alpha value is -5.16. The topological polar surface area (TPSA) is 305 Å². The molecule has 10 rings (SSSR count). The second-order valence-corrected chi connectivity index (χ2v) is 43.9. The number of aliphatic hydroxyl groups is 3. The summed E-state index contributed by atoms with van der Waals surface area (Å²) in [6.45, 7) is 75.4. The molecule has 9 aliphatic rings. The largest absolute Gasteiger partial charge is 0.460 e. The first-order chi connectivity index (χ1) is 60.1. The molecule has 9 aliphatic heterocycles. The number of para-hydroxylation sites is 1. The van der Waals surface area contributed by atoms with Crippen LogP contribution in [0, 0.1) is 17.8 Å². The molecule has 0 aliphatic carbocycles. The third-order valence-electron chi connectivity index (χ3n) is 27.1. The number of rotatable bonds is 26. The van der Waals surface area contributed by atoms with Crippen molar-refractivity contribution in [1.82, 2.24) is 80.5 Å². The van der Waals surface area contributed by atoms with Crippen LogP contribution in [0.3, 0.4) is 0 Å². The molecular formula is C99H188N16O14. The quantitative estimate of drug-likeness (QED) is 0.0316. The fraction of sp³-hybridized carbons (Fsp3) is 0.879. The van der Waals surface area contributed by atoms with Gasteiger partial charge in [-0.05, 0) is 276 Å². The predicted molar refractivity (Wildman–Crippen MR) is 519 cm³/mol. The molecule has 0 aromatic heterocycles. The van der Waals surface area contributed by atoms with Crippen LogP contribution in [0.2, 0.25) is 0 Å². The van der Waals surface area contributed by atoms with E-state index in [1.54, 1.807) is 0 Å². The number of ketones is 1. The van der Waals surface area contributed by atoms with Gasteiger partial charge in [0.05, 0.1) is 59.6 Å². The first kappa shape index (κ1) is 114. The molecule has 0 radical (unpaired) electrons. The highest BCUT2D eigenvalue weighted by Gasteiger charge is 2.44. The highest BCUT2D eigenvalue weighted by Crippen LogP contribution is 2.32. The number of esters is 1. The second kappa shape index (κ2) is 54.5. The minimum absolute atomic E-state index is 0.00671. The Kier molecular flexibility index (Phi) is 48.3. The lowest BCUT2D eigenvalue weighted by Gasteiger charge is -2.47. The standard InChI is InChI=1S/C22H36N4O2.2C19H38N4O2.C13H26N2O3.C13H25NO3.C13H25NO2/c1-18(2)26-12-10-22(11-13-26,17-25-15-14-24(4)19(3)16-25)23-21(27)28-20-8-6-5-7-9-20;1-15(2)23-12-8-19(9-13-23,21-18(24)25-16(3)4)14-20-17-6-10-22(5)11-7-17;1-15(2)23-9-7-19(8-10-23,20-18(24)25-16(3)4)14-22-12-11-21(6)17(5)13-22;1-9(2)15-7-6-10(11(16)8-15)14-12(17)18-13(3,4)5;1-9(2)14-7-10(11(15)8-14)6-12(16)17-13(3,4)5;1-9(2)5-12(15)6-11-7-14(10(3)4)8-13(11)16/h5-9,18-19H,10-17H2,1-4H3,(H,23,27);15-17,20H,6-14H2,1-5H3,(H,21,24);15-17H,7-14H2,1-6H3,(H,20,24);9-11,16H,6-8H2,1-5H3,(H,14,17);9-11,15H,6-8H2,1-5H3;9-11,13,16H,5-8H2,1-4H3. The van der Waals surface area contributed by atoms with Crippen LogP contribution in [0.1, 0.15) is 257 Å². The molecule has 1 aromatic carbocycles. The monoisotopic (exact) mass is 1830 g/mol. The first-order valence-electron chi connectivity index (χ1n) is 49.7. The number of piperazine rings is 2. The van der Waals surface area contributed by atoms with Crippen molar-refractivity contribution < 1.29 is 67.8 Å². The number of nitrogens with zero attached hydrogens (tertiary/aromatic N) is 11. The Morgan fingerprint density at radius 1 is 0.426 bits per heavy atom. The molecule has 30 nitrogen and oxygen atoms in total. The summed E-state index contributed by atoms with van der Waals surface area (Å²) in [6, 6.07) is 13.7. The van der Waals surface area contributed by atoms with Crippen molar-refractivity contribution in [3.63, 3.8) is 0 Å². The van der Waals surface area contributed by atoms with Crippen LogP contribution < -0.4 is 31.3 Å². The Balaban J connectivity index is 0.000000278. The fourth-order valence-corrected chi connectivity index (χ4v) is 18.6. The Labute approximate surface area is 781 Å². The van der Waals surface area contributed by atoms with Gasteiger partial charge in [0, 0.05) is 216 Å². The summed E-state index contributed by atoms with van der Waals surface area (Å²) >= 11 is 0. The minimum Gasteiger partial charge on any atom is -0.460 e. The molecule has 9 saturated heterocycles. The number of benzene rings is 1. The molecule has 8 atom stereocenters. The Bertz CT molecular complexity index is 3370. The number of alkyl carbamates (subject to hydrolysis) is 3. The van der Waals surface area contributed by atoms with E-state index in [0.717, 1.165) is 182 Å². The Morgan fingerprint density at radius 3 is 1.19 bits per heavy atom. The van der Waals surface area contributed by atoms with E-state index in [9.17, 15) is 44.1 Å². The zero-order chi connectivity index (χ0) is 96.6. The maximum Gasteiger partial charge on any atom is 0.413 e. The summed E-state index contributed by atoms with van der Waals surface area (Å²) in [7, 11) is 6.56. The third-order valence-corrected chi connectivity index (χ3v) is 27.1. The number of piperidine rings is 5. The average molecular weight is 1830 g/mol. The lowest BCUT2D eigenvalue weighted by atomic mass is 9.86. The normalized spacial score (nSPS) is 25.3. The highest BCUT2D eigenvalue weighted by atomic mass is 16.6. The number of carbonyl (C=O) groups excluding carboxylic acids is 6.